The fourth-order valence-corrected chi connectivity index (χ4v) is 2.95. The lowest BCUT2D eigenvalue weighted by Gasteiger charge is -2.45. The molecule has 1 aromatic rings. The SMILES string of the molecule is CO[C@@H]1C[C@H](NC(C)=O)[C@@H]2OC(c3ccccc3)OC[C@H]2O1. The summed E-state index contributed by atoms with van der Waals surface area (Å²) in [4.78, 5) is 11.5. The van der Waals surface area contributed by atoms with Gasteiger partial charge in [0.05, 0.1) is 12.6 Å². The first-order chi connectivity index (χ1) is 10.7. The van der Waals surface area contributed by atoms with E-state index in [4.69, 9.17) is 18.9 Å². The van der Waals surface area contributed by atoms with Crippen LogP contribution in [0.4, 0.5) is 0 Å². The number of carbonyl (C=O) groups excluding carboxylic acids is 1. The molecule has 3 rings (SSSR count). The molecule has 5 atom stereocenters. The van der Waals surface area contributed by atoms with Crippen LogP contribution in [0, 0.1) is 0 Å². The Labute approximate surface area is 129 Å². The molecule has 0 aromatic heterocycles. The Morgan fingerprint density at radius 2 is 2.05 bits per heavy atom. The lowest BCUT2D eigenvalue weighted by atomic mass is 9.97. The van der Waals surface area contributed by atoms with E-state index < -0.39 is 6.29 Å². The van der Waals surface area contributed by atoms with Crippen LogP contribution in [0.25, 0.3) is 0 Å². The predicted octanol–water partition coefficient (Wildman–Crippen LogP) is 1.37. The highest BCUT2D eigenvalue weighted by molar-refractivity contribution is 5.73. The maximum atomic E-state index is 11.5. The maximum absolute atomic E-state index is 11.5. The topological polar surface area (TPSA) is 66.0 Å². The Hall–Kier alpha value is -1.47. The molecule has 0 saturated carbocycles. The molecule has 2 heterocycles. The number of fused-ring (bicyclic) bond motifs is 1. The van der Waals surface area contributed by atoms with Gasteiger partial charge in [0, 0.05) is 26.0 Å². The highest BCUT2D eigenvalue weighted by Gasteiger charge is 2.44. The fourth-order valence-electron chi connectivity index (χ4n) is 2.95. The molecule has 0 spiro atoms. The predicted molar refractivity (Wildman–Crippen MR) is 77.9 cm³/mol. The smallest absolute Gasteiger partial charge is 0.217 e. The molecule has 2 aliphatic heterocycles. The summed E-state index contributed by atoms with van der Waals surface area (Å²) in [6.07, 6.45) is -0.761. The van der Waals surface area contributed by atoms with E-state index in [1.165, 1.54) is 6.92 Å². The standard InChI is InChI=1S/C16H21NO5/c1-10(18)17-12-8-14(19-2)21-13-9-20-16(22-15(12)13)11-6-4-3-5-7-11/h3-7,12-16H,8-9H2,1-2H3,(H,17,18)/t12-,13+,14-,15-,16?/m0/s1. The van der Waals surface area contributed by atoms with Crippen molar-refractivity contribution in [3.63, 3.8) is 0 Å². The average Bonchev–Trinajstić information content (AvgIpc) is 2.54. The van der Waals surface area contributed by atoms with Gasteiger partial charge >= 0.3 is 0 Å². The van der Waals surface area contributed by atoms with Crippen LogP contribution in [0.5, 0.6) is 0 Å². The molecular formula is C16H21NO5. The summed E-state index contributed by atoms with van der Waals surface area (Å²) < 4.78 is 22.9. The lowest BCUT2D eigenvalue weighted by molar-refractivity contribution is -0.319. The summed E-state index contributed by atoms with van der Waals surface area (Å²) in [5, 5.41) is 2.94. The van der Waals surface area contributed by atoms with E-state index in [9.17, 15) is 4.79 Å². The number of hydrogen-bond donors (Lipinski definition) is 1. The summed E-state index contributed by atoms with van der Waals surface area (Å²) >= 11 is 0. The summed E-state index contributed by atoms with van der Waals surface area (Å²) in [5.74, 6) is -0.0909. The van der Waals surface area contributed by atoms with Crippen molar-refractivity contribution < 1.29 is 23.7 Å². The van der Waals surface area contributed by atoms with E-state index in [1.807, 2.05) is 30.3 Å². The summed E-state index contributed by atoms with van der Waals surface area (Å²) in [6, 6.07) is 9.59. The van der Waals surface area contributed by atoms with Crippen molar-refractivity contribution in [2.45, 2.75) is 44.2 Å². The van der Waals surface area contributed by atoms with Crippen LogP contribution in [0.1, 0.15) is 25.2 Å². The molecule has 22 heavy (non-hydrogen) atoms. The minimum absolute atomic E-state index is 0.0909. The van der Waals surface area contributed by atoms with Gasteiger partial charge in [0.1, 0.15) is 12.2 Å². The van der Waals surface area contributed by atoms with Gasteiger partial charge in [-0.1, -0.05) is 30.3 Å². The highest BCUT2D eigenvalue weighted by Crippen LogP contribution is 2.33. The zero-order valence-corrected chi connectivity index (χ0v) is 12.7. The number of rotatable bonds is 3. The fraction of sp³-hybridized carbons (Fsp3) is 0.562. The van der Waals surface area contributed by atoms with Crippen LogP contribution in [0.2, 0.25) is 0 Å². The van der Waals surface area contributed by atoms with Crippen LogP contribution in [0.15, 0.2) is 30.3 Å². The maximum Gasteiger partial charge on any atom is 0.217 e. The van der Waals surface area contributed by atoms with Crippen molar-refractivity contribution in [3.05, 3.63) is 35.9 Å². The number of hydrogen-bond acceptors (Lipinski definition) is 5. The van der Waals surface area contributed by atoms with Gasteiger partial charge in [0.25, 0.3) is 0 Å². The average molecular weight is 307 g/mol. The third kappa shape index (κ3) is 3.30. The van der Waals surface area contributed by atoms with Crippen molar-refractivity contribution in [2.24, 2.45) is 0 Å². The molecule has 6 nitrogen and oxygen atoms in total. The van der Waals surface area contributed by atoms with E-state index in [1.54, 1.807) is 7.11 Å². The number of methoxy groups -OCH3 is 1. The zero-order chi connectivity index (χ0) is 15.5. The van der Waals surface area contributed by atoms with Crippen molar-refractivity contribution in [2.75, 3.05) is 13.7 Å². The molecule has 2 aliphatic rings. The normalized spacial score (nSPS) is 34.7. The monoisotopic (exact) mass is 307 g/mol. The Balaban J connectivity index is 1.75. The molecule has 2 fully saturated rings. The molecule has 1 N–H and O–H groups in total. The van der Waals surface area contributed by atoms with Gasteiger partial charge in [-0.15, -0.1) is 0 Å². The molecule has 1 unspecified atom stereocenters. The molecule has 0 radical (unpaired) electrons. The molecule has 1 aromatic carbocycles. The van der Waals surface area contributed by atoms with Crippen LogP contribution >= 0.6 is 0 Å². The Bertz CT molecular complexity index is 509. The lowest BCUT2D eigenvalue weighted by Crippen LogP contribution is -2.60. The number of ether oxygens (including phenoxy) is 4. The van der Waals surface area contributed by atoms with Gasteiger partial charge in [0.15, 0.2) is 12.6 Å². The van der Waals surface area contributed by atoms with Crippen LogP contribution < -0.4 is 5.32 Å². The minimum atomic E-state index is -0.443. The second-order valence-electron chi connectivity index (χ2n) is 5.56. The van der Waals surface area contributed by atoms with Crippen LogP contribution in [0.3, 0.4) is 0 Å². The molecule has 1 amide bonds. The van der Waals surface area contributed by atoms with Crippen LogP contribution in [-0.4, -0.2) is 44.2 Å². The molecule has 2 saturated heterocycles. The van der Waals surface area contributed by atoms with E-state index in [-0.39, 0.29) is 30.4 Å². The van der Waals surface area contributed by atoms with Crippen LogP contribution in [-0.2, 0) is 23.7 Å². The van der Waals surface area contributed by atoms with E-state index in [0.29, 0.717) is 13.0 Å². The van der Waals surface area contributed by atoms with Gasteiger partial charge in [-0.3, -0.25) is 4.79 Å². The second kappa shape index (κ2) is 6.75. The second-order valence-corrected chi connectivity index (χ2v) is 5.56. The van der Waals surface area contributed by atoms with Crippen molar-refractivity contribution >= 4 is 5.91 Å². The van der Waals surface area contributed by atoms with E-state index in [2.05, 4.69) is 5.32 Å². The first-order valence-electron chi connectivity index (χ1n) is 7.44. The van der Waals surface area contributed by atoms with Gasteiger partial charge in [0.2, 0.25) is 5.91 Å². The van der Waals surface area contributed by atoms with Crippen molar-refractivity contribution in [1.29, 1.82) is 0 Å². The third-order valence-corrected chi connectivity index (χ3v) is 3.95. The quantitative estimate of drug-likeness (QED) is 0.913. The Morgan fingerprint density at radius 1 is 1.27 bits per heavy atom. The van der Waals surface area contributed by atoms with Gasteiger partial charge < -0.3 is 24.3 Å². The molecule has 6 heteroatoms. The number of carbonyl (C=O) groups is 1. The molecule has 0 bridgehead atoms. The molecule has 120 valence electrons. The minimum Gasteiger partial charge on any atom is -0.356 e. The van der Waals surface area contributed by atoms with Gasteiger partial charge in [-0.2, -0.15) is 0 Å². The number of amides is 1. The number of nitrogens with one attached hydrogen (secondary N) is 1. The summed E-state index contributed by atoms with van der Waals surface area (Å²) in [6.45, 7) is 1.90. The van der Waals surface area contributed by atoms with Gasteiger partial charge in [-0.25, -0.2) is 0 Å². The van der Waals surface area contributed by atoms with E-state index >= 15 is 0 Å². The molecule has 0 aliphatic carbocycles. The summed E-state index contributed by atoms with van der Waals surface area (Å²) in [7, 11) is 1.59. The van der Waals surface area contributed by atoms with E-state index in [0.717, 1.165) is 5.56 Å². The molecular weight excluding hydrogens is 286 g/mol. The Morgan fingerprint density at radius 3 is 2.73 bits per heavy atom. The first kappa shape index (κ1) is 15.4. The zero-order valence-electron chi connectivity index (χ0n) is 12.7. The third-order valence-electron chi connectivity index (χ3n) is 3.95. The van der Waals surface area contributed by atoms with Gasteiger partial charge in [-0.05, 0) is 0 Å². The summed E-state index contributed by atoms with van der Waals surface area (Å²) in [5.41, 5.74) is 0.955. The van der Waals surface area contributed by atoms with Crippen molar-refractivity contribution in [1.82, 2.24) is 5.32 Å². The van der Waals surface area contributed by atoms with Crippen molar-refractivity contribution in [3.8, 4) is 0 Å². The highest BCUT2D eigenvalue weighted by atomic mass is 16.7. The largest absolute Gasteiger partial charge is 0.356 e. The first-order valence-corrected chi connectivity index (χ1v) is 7.44. The number of benzene rings is 1. The Kier molecular flexibility index (Phi) is 4.73.